The van der Waals surface area contributed by atoms with Crippen LogP contribution in [0, 0.1) is 11.8 Å². The molecule has 0 aromatic heterocycles. The van der Waals surface area contributed by atoms with Crippen molar-refractivity contribution in [3.05, 3.63) is 24.3 Å². The largest absolute Gasteiger partial charge is 0.472 e. The molecule has 3 N–H and O–H groups in total. The number of phosphoric acid groups is 2. The third kappa shape index (κ3) is 72.5. The van der Waals surface area contributed by atoms with E-state index in [1.54, 1.807) is 0 Å². The van der Waals surface area contributed by atoms with Gasteiger partial charge in [0.05, 0.1) is 26.4 Å². The van der Waals surface area contributed by atoms with E-state index in [0.717, 1.165) is 121 Å². The van der Waals surface area contributed by atoms with Gasteiger partial charge in [0.1, 0.15) is 19.3 Å². The zero-order valence-corrected chi connectivity index (χ0v) is 66.8. The van der Waals surface area contributed by atoms with Gasteiger partial charge >= 0.3 is 39.5 Å². The molecule has 0 aliphatic heterocycles. The molecule has 0 spiro atoms. The number of carbonyl (C=O) groups is 4. The van der Waals surface area contributed by atoms with Crippen molar-refractivity contribution in [3.63, 3.8) is 0 Å². The van der Waals surface area contributed by atoms with E-state index in [1.165, 1.54) is 199 Å². The molecule has 3 unspecified atom stereocenters. The normalized spacial score (nSPS) is 14.3. The van der Waals surface area contributed by atoms with Crippen molar-refractivity contribution < 1.29 is 80.2 Å². The highest BCUT2D eigenvalue weighted by Gasteiger charge is 2.30. The second-order valence-corrected chi connectivity index (χ2v) is 32.1. The van der Waals surface area contributed by atoms with Crippen molar-refractivity contribution >= 4 is 39.5 Å². The molecule has 0 amide bonds. The van der Waals surface area contributed by atoms with Crippen LogP contribution in [0.15, 0.2) is 24.3 Å². The number of phosphoric ester groups is 2. The van der Waals surface area contributed by atoms with Crippen molar-refractivity contribution in [1.82, 2.24) is 0 Å². The Labute approximate surface area is 612 Å². The van der Waals surface area contributed by atoms with Gasteiger partial charge in [-0.15, -0.1) is 0 Å². The van der Waals surface area contributed by atoms with Crippen molar-refractivity contribution in [2.24, 2.45) is 11.8 Å². The summed E-state index contributed by atoms with van der Waals surface area (Å²) in [5, 5.41) is 10.6. The van der Waals surface area contributed by atoms with E-state index in [9.17, 15) is 43.2 Å². The molecule has 0 rings (SSSR count). The Hall–Kier alpha value is -2.46. The van der Waals surface area contributed by atoms with E-state index in [2.05, 4.69) is 65.8 Å². The van der Waals surface area contributed by atoms with Crippen LogP contribution in [0.4, 0.5) is 0 Å². The fourth-order valence-corrected chi connectivity index (χ4v) is 13.5. The van der Waals surface area contributed by atoms with E-state index in [4.69, 9.17) is 37.0 Å². The van der Waals surface area contributed by atoms with E-state index in [0.29, 0.717) is 25.7 Å². The second-order valence-electron chi connectivity index (χ2n) is 29.2. The number of carbonyl (C=O) groups excluding carboxylic acids is 4. The number of hydrogen-bond donors (Lipinski definition) is 3. The second kappa shape index (κ2) is 72.1. The molecule has 100 heavy (non-hydrogen) atoms. The van der Waals surface area contributed by atoms with E-state index in [1.807, 2.05) is 0 Å². The van der Waals surface area contributed by atoms with Gasteiger partial charge in [-0.3, -0.25) is 37.3 Å². The van der Waals surface area contributed by atoms with Crippen molar-refractivity contribution in [2.75, 3.05) is 39.6 Å². The molecular weight excluding hydrogens is 1310 g/mol. The van der Waals surface area contributed by atoms with Crippen LogP contribution in [0.2, 0.25) is 0 Å². The topological polar surface area (TPSA) is 237 Å². The molecule has 0 aromatic rings. The van der Waals surface area contributed by atoms with Crippen molar-refractivity contribution in [3.8, 4) is 0 Å². The number of aliphatic hydroxyl groups is 1. The standard InChI is InChI=1S/C81H154O17P2/c1-7-10-12-14-16-18-20-22-27-31-35-38-45-51-57-63-78(83)91-69-76(97-81(86)66-60-54-48-40-36-32-29-26-24-23-25-28-30-33-37-44-50-56-62-74(6)9-3)71-95-99(87,88)93-67-75(82)68-94-100(89,90)96-72-77(70-92-79(84)64-58-52-46-42-41-43-49-55-61-73(4)5)98-80(85)65-59-53-47-39-34-21-19-17-15-13-11-8-2/h18,20,22,27,73-77,82H,7-17,19,21,23-26,28-72H2,1-6H3,(H,87,88)(H,89,90)/b20-18-,27-22-/t74?,75-,76-,77-/m1/s1. The number of aliphatic hydroxyl groups excluding tert-OH is 1. The van der Waals surface area contributed by atoms with Crippen LogP contribution in [0.25, 0.3) is 0 Å². The summed E-state index contributed by atoms with van der Waals surface area (Å²) in [5.41, 5.74) is 0. The Morgan fingerprint density at radius 1 is 0.330 bits per heavy atom. The minimum Gasteiger partial charge on any atom is -0.462 e. The van der Waals surface area contributed by atoms with Crippen LogP contribution in [-0.2, 0) is 65.4 Å². The highest BCUT2D eigenvalue weighted by Crippen LogP contribution is 2.45. The predicted octanol–water partition coefficient (Wildman–Crippen LogP) is 23.8. The number of rotatable bonds is 78. The molecule has 0 saturated carbocycles. The Kier molecular flexibility index (Phi) is 70.3. The molecule has 0 aromatic carbocycles. The van der Waals surface area contributed by atoms with Crippen LogP contribution in [0.5, 0.6) is 0 Å². The third-order valence-corrected chi connectivity index (χ3v) is 20.6. The summed E-state index contributed by atoms with van der Waals surface area (Å²) < 4.78 is 68.6. The van der Waals surface area contributed by atoms with Crippen molar-refractivity contribution in [1.29, 1.82) is 0 Å². The zero-order chi connectivity index (χ0) is 73.5. The van der Waals surface area contributed by atoms with Gasteiger partial charge in [0.25, 0.3) is 0 Å². The van der Waals surface area contributed by atoms with Gasteiger partial charge in [0.15, 0.2) is 12.2 Å². The number of allylic oxidation sites excluding steroid dienone is 4. The first-order valence-electron chi connectivity index (χ1n) is 41.3. The van der Waals surface area contributed by atoms with Gasteiger partial charge in [-0.05, 0) is 63.2 Å². The highest BCUT2D eigenvalue weighted by atomic mass is 31.2. The first kappa shape index (κ1) is 97.5. The lowest BCUT2D eigenvalue weighted by Crippen LogP contribution is -2.30. The molecule has 0 bridgehead atoms. The number of esters is 4. The summed E-state index contributed by atoms with van der Waals surface area (Å²) in [5.74, 6) is -0.546. The average molecular weight is 1460 g/mol. The zero-order valence-electron chi connectivity index (χ0n) is 65.0. The summed E-state index contributed by atoms with van der Waals surface area (Å²) in [7, 11) is -9.93. The maximum absolute atomic E-state index is 13.1. The molecule has 19 heteroatoms. The van der Waals surface area contributed by atoms with Gasteiger partial charge in [-0.2, -0.15) is 0 Å². The molecule has 6 atom stereocenters. The summed E-state index contributed by atoms with van der Waals surface area (Å²) >= 11 is 0. The van der Waals surface area contributed by atoms with Crippen LogP contribution in [0.1, 0.15) is 401 Å². The molecule has 0 fully saturated rings. The highest BCUT2D eigenvalue weighted by molar-refractivity contribution is 7.47. The smallest absolute Gasteiger partial charge is 0.462 e. The Balaban J connectivity index is 5.24. The van der Waals surface area contributed by atoms with E-state index < -0.39 is 97.5 Å². The van der Waals surface area contributed by atoms with Gasteiger partial charge < -0.3 is 33.8 Å². The number of unbranched alkanes of at least 4 members (excludes halogenated alkanes) is 44. The number of ether oxygens (including phenoxy) is 4. The summed E-state index contributed by atoms with van der Waals surface area (Å²) in [4.78, 5) is 72.9. The molecule has 590 valence electrons. The fraction of sp³-hybridized carbons (Fsp3) is 0.901. The van der Waals surface area contributed by atoms with Gasteiger partial charge in [-0.25, -0.2) is 9.13 Å². The third-order valence-electron chi connectivity index (χ3n) is 18.7. The van der Waals surface area contributed by atoms with Crippen LogP contribution in [-0.4, -0.2) is 96.7 Å². The molecular formula is C81H154O17P2. The van der Waals surface area contributed by atoms with Crippen LogP contribution < -0.4 is 0 Å². The molecule has 0 saturated heterocycles. The maximum Gasteiger partial charge on any atom is 0.472 e. The Morgan fingerprint density at radius 3 is 0.900 bits per heavy atom. The minimum atomic E-state index is -4.97. The molecule has 0 heterocycles. The lowest BCUT2D eigenvalue weighted by atomic mass is 9.99. The Bertz CT molecular complexity index is 2020. The SMILES string of the molecule is CCCCCC/C=C\C=C/CCCCCCCC(=O)OC[C@H](COP(=O)(O)OC[C@@H](O)COP(=O)(O)OC[C@@H](COC(=O)CCCCCCCCCCC(C)C)OC(=O)CCCCCCCCCCCCCC)OC(=O)CCCCCCCCCCCCCCCCCCCCC(C)CC. The first-order chi connectivity index (χ1) is 48.4. The summed E-state index contributed by atoms with van der Waals surface area (Å²) in [6, 6.07) is 0. The lowest BCUT2D eigenvalue weighted by Gasteiger charge is -2.21. The van der Waals surface area contributed by atoms with E-state index in [-0.39, 0.29) is 25.7 Å². The number of hydrogen-bond acceptors (Lipinski definition) is 15. The predicted molar refractivity (Wildman–Crippen MR) is 409 cm³/mol. The van der Waals surface area contributed by atoms with E-state index >= 15 is 0 Å². The minimum absolute atomic E-state index is 0.101. The van der Waals surface area contributed by atoms with Gasteiger partial charge in [0.2, 0.25) is 0 Å². The monoisotopic (exact) mass is 1460 g/mol. The summed E-state index contributed by atoms with van der Waals surface area (Å²) in [6.45, 7) is 9.59. The van der Waals surface area contributed by atoms with Crippen molar-refractivity contribution in [2.45, 2.75) is 419 Å². The van der Waals surface area contributed by atoms with Gasteiger partial charge in [-0.1, -0.05) is 348 Å². The lowest BCUT2D eigenvalue weighted by molar-refractivity contribution is -0.161. The molecule has 0 aliphatic carbocycles. The van der Waals surface area contributed by atoms with Crippen LogP contribution in [0.3, 0.4) is 0 Å². The molecule has 17 nitrogen and oxygen atoms in total. The quantitative estimate of drug-likeness (QED) is 0.0169. The maximum atomic E-state index is 13.1. The molecule has 0 radical (unpaired) electrons. The fourth-order valence-electron chi connectivity index (χ4n) is 12.0. The van der Waals surface area contributed by atoms with Crippen LogP contribution >= 0.6 is 15.6 Å². The Morgan fingerprint density at radius 2 is 0.590 bits per heavy atom. The summed E-state index contributed by atoms with van der Waals surface area (Å²) in [6.07, 6.45) is 64.6. The van der Waals surface area contributed by atoms with Gasteiger partial charge in [0, 0.05) is 25.7 Å². The molecule has 0 aliphatic rings. The first-order valence-corrected chi connectivity index (χ1v) is 44.3. The average Bonchev–Trinajstić information content (AvgIpc) is 0.921.